The van der Waals surface area contributed by atoms with Crippen molar-refractivity contribution in [1.82, 2.24) is 0 Å². The van der Waals surface area contributed by atoms with Gasteiger partial charge in [-0.3, -0.25) is 9.59 Å². The molecule has 0 aliphatic rings. The molecule has 0 spiro atoms. The van der Waals surface area contributed by atoms with Crippen LogP contribution in [0.4, 0.5) is 0 Å². The summed E-state index contributed by atoms with van der Waals surface area (Å²) < 4.78 is 23.0. The van der Waals surface area contributed by atoms with Gasteiger partial charge in [-0.25, -0.2) is 4.79 Å². The van der Waals surface area contributed by atoms with Crippen molar-refractivity contribution in [3.05, 3.63) is 109 Å². The van der Waals surface area contributed by atoms with Crippen LogP contribution in [0.3, 0.4) is 0 Å². The maximum absolute atomic E-state index is 12.9. The fourth-order valence-electron chi connectivity index (χ4n) is 9.67. The summed E-state index contributed by atoms with van der Waals surface area (Å²) in [5, 5.41) is 9.75. The van der Waals surface area contributed by atoms with Gasteiger partial charge in [-0.15, -0.1) is 0 Å². The number of allylic oxidation sites excluding steroid dienone is 18. The molecule has 0 bridgehead atoms. The summed E-state index contributed by atoms with van der Waals surface area (Å²) in [6.45, 7) is 4.77. The average Bonchev–Trinajstić information content (AvgIpc) is 3.48. The first-order chi connectivity index (χ1) is 41.6. The van der Waals surface area contributed by atoms with E-state index in [1.54, 1.807) is 0 Å². The zero-order valence-electron chi connectivity index (χ0n) is 55.7. The number of carboxylic acids is 1. The van der Waals surface area contributed by atoms with Crippen LogP contribution in [0, 0.1) is 0 Å². The summed E-state index contributed by atoms with van der Waals surface area (Å²) in [5.41, 5.74) is 0. The maximum Gasteiger partial charge on any atom is 0.361 e. The van der Waals surface area contributed by atoms with Crippen LogP contribution in [0.5, 0.6) is 0 Å². The first-order valence-electron chi connectivity index (χ1n) is 35.1. The number of likely N-dealkylation sites (N-methyl/N-ethyl adjacent to an activating group) is 1. The predicted octanol–water partition coefficient (Wildman–Crippen LogP) is 21.8. The molecule has 0 rings (SSSR count). The predicted molar refractivity (Wildman–Crippen MR) is 364 cm³/mol. The van der Waals surface area contributed by atoms with E-state index >= 15 is 0 Å². The fourth-order valence-corrected chi connectivity index (χ4v) is 9.67. The molecule has 0 fully saturated rings. The lowest BCUT2D eigenvalue weighted by atomic mass is 10.0. The molecule has 2 unspecified atom stereocenters. The monoisotopic (exact) mass is 1190 g/mol. The Kier molecular flexibility index (Phi) is 62.8. The van der Waals surface area contributed by atoms with Crippen LogP contribution < -0.4 is 0 Å². The van der Waals surface area contributed by atoms with Crippen LogP contribution in [-0.2, 0) is 33.3 Å². The highest BCUT2D eigenvalue weighted by Crippen LogP contribution is 2.17. The van der Waals surface area contributed by atoms with Crippen molar-refractivity contribution in [3.8, 4) is 0 Å². The van der Waals surface area contributed by atoms with Crippen LogP contribution in [0.2, 0.25) is 0 Å². The zero-order valence-corrected chi connectivity index (χ0v) is 55.7. The first-order valence-corrected chi connectivity index (χ1v) is 35.1. The number of ether oxygens (including phenoxy) is 4. The highest BCUT2D eigenvalue weighted by Gasteiger charge is 2.25. The fraction of sp³-hybridized carbons (Fsp3) is 0.724. The molecule has 0 aromatic rings. The van der Waals surface area contributed by atoms with Gasteiger partial charge in [0.25, 0.3) is 6.29 Å². The second kappa shape index (κ2) is 65.9. The standard InChI is InChI=1S/C76H131NO8/c1-6-8-10-12-14-16-18-20-22-24-26-28-30-32-33-34-35-36-37-38-39-40-41-43-45-47-49-51-53-55-57-59-61-63-65-67-74(79)85-72(71-84-76(75(80)81)82-69-68-77(3,4)5)70-83-73(78)66-64-62-60-58-56-54-52-50-48-46-44-42-31-29-27-25-23-21-19-17-15-13-11-9-7-2/h8,10,14,16,19-22,25-28,32-33,35-36,38-39,72,76H,6-7,9,11-13,15,17-18,23-24,29-31,34,37,40-71H2,1-5H3/p+1/b10-8-,16-14-,21-19-,22-20-,27-25-,28-26-,33-32-,36-35-,39-38-. The van der Waals surface area contributed by atoms with Crippen molar-refractivity contribution in [3.63, 3.8) is 0 Å². The Labute approximate surface area is 524 Å². The number of carbonyl (C=O) groups excluding carboxylic acids is 2. The highest BCUT2D eigenvalue weighted by atomic mass is 16.7. The SMILES string of the molecule is CC/C=C\C/C=C\C/C=C\C/C=C\C/C=C\C/C=C\C/C=C\CCCCCCCCCCCCCCCC(=O)OC(COC(=O)CCCCCCCCCCCCCCC/C=C\C/C=C\CCCCCCC)COC(OCC[N+](C)(C)C)C(=O)O. The van der Waals surface area contributed by atoms with Crippen molar-refractivity contribution in [1.29, 1.82) is 0 Å². The third kappa shape index (κ3) is 67.3. The van der Waals surface area contributed by atoms with Gasteiger partial charge >= 0.3 is 17.9 Å². The van der Waals surface area contributed by atoms with Gasteiger partial charge in [-0.2, -0.15) is 0 Å². The van der Waals surface area contributed by atoms with E-state index in [-0.39, 0.29) is 32.2 Å². The first kappa shape index (κ1) is 81.0. The smallest absolute Gasteiger partial charge is 0.361 e. The molecule has 0 amide bonds. The van der Waals surface area contributed by atoms with Crippen molar-refractivity contribution in [2.24, 2.45) is 0 Å². The molecule has 1 N–H and O–H groups in total. The second-order valence-electron chi connectivity index (χ2n) is 24.5. The Morgan fingerprint density at radius 2 is 0.671 bits per heavy atom. The van der Waals surface area contributed by atoms with Crippen molar-refractivity contribution in [2.45, 2.75) is 309 Å². The van der Waals surface area contributed by atoms with Crippen molar-refractivity contribution in [2.75, 3.05) is 47.5 Å². The molecule has 9 heteroatoms. The number of unbranched alkanes of at least 4 members (excludes halogenated alkanes) is 31. The number of hydrogen-bond acceptors (Lipinski definition) is 7. The second-order valence-corrected chi connectivity index (χ2v) is 24.5. The number of esters is 2. The lowest BCUT2D eigenvalue weighted by Gasteiger charge is -2.25. The van der Waals surface area contributed by atoms with Gasteiger partial charge in [0.2, 0.25) is 0 Å². The molecule has 0 saturated heterocycles. The summed E-state index contributed by atoms with van der Waals surface area (Å²) in [6, 6.07) is 0. The largest absolute Gasteiger partial charge is 0.477 e. The lowest BCUT2D eigenvalue weighted by Crippen LogP contribution is -2.40. The summed E-state index contributed by atoms with van der Waals surface area (Å²) in [6.07, 6.45) is 89.1. The number of aliphatic carboxylic acids is 1. The average molecular weight is 1190 g/mol. The molecule has 0 aliphatic heterocycles. The van der Waals surface area contributed by atoms with E-state index < -0.39 is 24.3 Å². The van der Waals surface area contributed by atoms with Gasteiger partial charge in [0, 0.05) is 12.8 Å². The molecule has 0 aromatic heterocycles. The molecular weight excluding hydrogens is 1050 g/mol. The van der Waals surface area contributed by atoms with E-state index in [0.717, 1.165) is 89.9 Å². The van der Waals surface area contributed by atoms with Gasteiger partial charge in [0.1, 0.15) is 13.2 Å². The van der Waals surface area contributed by atoms with Crippen LogP contribution in [-0.4, -0.2) is 87.4 Å². The highest BCUT2D eigenvalue weighted by molar-refractivity contribution is 5.71. The minimum absolute atomic E-state index is 0.184. The Balaban J connectivity index is 4.13. The summed E-state index contributed by atoms with van der Waals surface area (Å²) in [7, 11) is 5.98. The van der Waals surface area contributed by atoms with Gasteiger partial charge in [-0.05, 0) is 103 Å². The molecule has 0 heterocycles. The van der Waals surface area contributed by atoms with Gasteiger partial charge in [0.15, 0.2) is 6.10 Å². The molecule has 488 valence electrons. The molecule has 0 radical (unpaired) electrons. The number of carbonyl (C=O) groups is 3. The van der Waals surface area contributed by atoms with E-state index in [2.05, 4.69) is 123 Å². The van der Waals surface area contributed by atoms with Gasteiger partial charge in [-0.1, -0.05) is 290 Å². The molecule has 9 nitrogen and oxygen atoms in total. The molecular formula is C76H132NO8+. The quantitative estimate of drug-likeness (QED) is 0.0211. The number of nitrogens with zero attached hydrogens (tertiary/aromatic N) is 1. The third-order valence-electron chi connectivity index (χ3n) is 15.0. The Morgan fingerprint density at radius 3 is 1.00 bits per heavy atom. The number of hydrogen-bond donors (Lipinski definition) is 1. The topological polar surface area (TPSA) is 108 Å². The van der Waals surface area contributed by atoms with Gasteiger partial charge < -0.3 is 28.5 Å². The summed E-state index contributed by atoms with van der Waals surface area (Å²) in [5.74, 6) is -2.00. The number of carboxylic acid groups (broad SMARTS) is 1. The minimum Gasteiger partial charge on any atom is -0.477 e. The zero-order chi connectivity index (χ0) is 61.9. The van der Waals surface area contributed by atoms with Crippen LogP contribution in [0.1, 0.15) is 296 Å². The lowest BCUT2D eigenvalue weighted by molar-refractivity contribution is -0.870. The summed E-state index contributed by atoms with van der Waals surface area (Å²) in [4.78, 5) is 37.6. The molecule has 85 heavy (non-hydrogen) atoms. The molecule has 2 atom stereocenters. The Bertz CT molecular complexity index is 1760. The van der Waals surface area contributed by atoms with E-state index in [1.807, 2.05) is 21.1 Å². The van der Waals surface area contributed by atoms with Crippen molar-refractivity contribution >= 4 is 17.9 Å². The number of quaternary nitrogens is 1. The van der Waals surface area contributed by atoms with Crippen LogP contribution in [0.25, 0.3) is 0 Å². The minimum atomic E-state index is -1.52. The van der Waals surface area contributed by atoms with E-state index in [9.17, 15) is 19.5 Å². The number of rotatable bonds is 64. The van der Waals surface area contributed by atoms with Crippen LogP contribution >= 0.6 is 0 Å². The Hall–Kier alpha value is -4.05. The molecule has 0 saturated carbocycles. The van der Waals surface area contributed by atoms with Gasteiger partial charge in [0.05, 0.1) is 34.4 Å². The van der Waals surface area contributed by atoms with Crippen LogP contribution in [0.15, 0.2) is 109 Å². The van der Waals surface area contributed by atoms with E-state index in [1.165, 1.54) is 173 Å². The van der Waals surface area contributed by atoms with E-state index in [0.29, 0.717) is 23.9 Å². The Morgan fingerprint density at radius 1 is 0.365 bits per heavy atom. The third-order valence-corrected chi connectivity index (χ3v) is 15.0. The normalized spacial score (nSPS) is 13.4. The summed E-state index contributed by atoms with van der Waals surface area (Å²) >= 11 is 0. The van der Waals surface area contributed by atoms with E-state index in [4.69, 9.17) is 18.9 Å². The molecule has 0 aromatic carbocycles. The van der Waals surface area contributed by atoms with Crippen molar-refractivity contribution < 1.29 is 42.9 Å². The molecule has 0 aliphatic carbocycles. The maximum atomic E-state index is 12.9.